The molecule has 0 bridgehead atoms. The van der Waals surface area contributed by atoms with Gasteiger partial charge in [0.1, 0.15) is 5.02 Å². The molecule has 15 heavy (non-hydrogen) atoms. The summed E-state index contributed by atoms with van der Waals surface area (Å²) in [6.45, 7) is -0.753. The van der Waals surface area contributed by atoms with E-state index in [4.69, 9.17) is 16.3 Å². The lowest BCUT2D eigenvalue weighted by Crippen LogP contribution is -2.56. The molecule has 82 valence electrons. The molecule has 0 atom stereocenters. The van der Waals surface area contributed by atoms with Crippen LogP contribution in [0, 0.1) is 0 Å². The van der Waals surface area contributed by atoms with Crippen molar-refractivity contribution in [3.8, 4) is 5.75 Å². The number of hydrogen-bond donors (Lipinski definition) is 0. The summed E-state index contributed by atoms with van der Waals surface area (Å²) in [6, 6.07) is 0. The van der Waals surface area contributed by atoms with Gasteiger partial charge in [-0.2, -0.15) is 5.10 Å². The maximum absolute atomic E-state index is 12.6. The number of rotatable bonds is 2. The Labute approximate surface area is 89.8 Å². The molecule has 2 heterocycles. The fourth-order valence-corrected chi connectivity index (χ4v) is 1.61. The Morgan fingerprint density at radius 2 is 2.20 bits per heavy atom. The Morgan fingerprint density at radius 1 is 1.53 bits per heavy atom. The number of methoxy groups -OCH3 is 1. The number of halogens is 3. The third kappa shape index (κ3) is 1.81. The van der Waals surface area contributed by atoms with Crippen LogP contribution in [0.3, 0.4) is 0 Å². The Balaban J connectivity index is 2.26. The molecule has 1 fully saturated rings. The monoisotopic (exact) mass is 235 g/mol. The average molecular weight is 236 g/mol. The second kappa shape index (κ2) is 3.44. The van der Waals surface area contributed by atoms with Crippen molar-refractivity contribution in [3.63, 3.8) is 0 Å². The van der Waals surface area contributed by atoms with E-state index in [1.54, 1.807) is 0 Å². The SMILES string of the molecule is COc1c(Cl)cnnc1N1CC(F)(F)C1. The van der Waals surface area contributed by atoms with E-state index in [0.29, 0.717) is 0 Å². The van der Waals surface area contributed by atoms with Crippen LogP contribution in [0.1, 0.15) is 0 Å². The Kier molecular flexibility index (Phi) is 2.38. The molecule has 0 radical (unpaired) electrons. The topological polar surface area (TPSA) is 38.3 Å². The largest absolute Gasteiger partial charge is 0.491 e. The summed E-state index contributed by atoms with van der Waals surface area (Å²) >= 11 is 5.78. The van der Waals surface area contributed by atoms with Crippen molar-refractivity contribution in [2.45, 2.75) is 5.92 Å². The molecule has 1 saturated heterocycles. The van der Waals surface area contributed by atoms with E-state index >= 15 is 0 Å². The van der Waals surface area contributed by atoms with Crippen LogP contribution in [0.25, 0.3) is 0 Å². The summed E-state index contributed by atoms with van der Waals surface area (Å²) in [5, 5.41) is 7.59. The Bertz CT molecular complexity index is 380. The fraction of sp³-hybridized carbons (Fsp3) is 0.500. The smallest absolute Gasteiger partial charge is 0.282 e. The van der Waals surface area contributed by atoms with Gasteiger partial charge >= 0.3 is 0 Å². The van der Waals surface area contributed by atoms with Gasteiger partial charge in [0, 0.05) is 0 Å². The zero-order valence-corrected chi connectivity index (χ0v) is 8.63. The molecule has 1 aliphatic rings. The van der Waals surface area contributed by atoms with Crippen molar-refractivity contribution in [2.24, 2.45) is 0 Å². The van der Waals surface area contributed by atoms with E-state index in [2.05, 4.69) is 10.2 Å². The highest BCUT2D eigenvalue weighted by Gasteiger charge is 2.45. The summed E-state index contributed by atoms with van der Waals surface area (Å²) in [6.07, 6.45) is 1.31. The molecular weight excluding hydrogens is 228 g/mol. The third-order valence-corrected chi connectivity index (χ3v) is 2.36. The molecule has 0 saturated carbocycles. The number of alkyl halides is 2. The van der Waals surface area contributed by atoms with Crippen molar-refractivity contribution < 1.29 is 13.5 Å². The van der Waals surface area contributed by atoms with Crippen molar-refractivity contribution in [1.29, 1.82) is 0 Å². The Morgan fingerprint density at radius 3 is 2.73 bits per heavy atom. The van der Waals surface area contributed by atoms with Crippen molar-refractivity contribution in [2.75, 3.05) is 25.1 Å². The molecule has 1 aromatic heterocycles. The van der Waals surface area contributed by atoms with Gasteiger partial charge in [-0.05, 0) is 0 Å². The molecule has 0 unspecified atom stereocenters. The standard InChI is InChI=1S/C8H8ClF2N3O/c1-15-6-5(9)2-12-13-7(6)14-3-8(10,11)4-14/h2H,3-4H2,1H3. The van der Waals surface area contributed by atoms with Gasteiger partial charge in [-0.3, -0.25) is 0 Å². The molecule has 1 aromatic rings. The van der Waals surface area contributed by atoms with Gasteiger partial charge in [0.05, 0.1) is 26.4 Å². The highest BCUT2D eigenvalue weighted by Crippen LogP contribution is 2.38. The van der Waals surface area contributed by atoms with Gasteiger partial charge in [-0.25, -0.2) is 8.78 Å². The van der Waals surface area contributed by atoms with E-state index in [9.17, 15) is 8.78 Å². The molecule has 7 heteroatoms. The first-order chi connectivity index (χ1) is 7.03. The minimum Gasteiger partial charge on any atom is -0.491 e. The molecule has 0 N–H and O–H groups in total. The highest BCUT2D eigenvalue weighted by atomic mass is 35.5. The third-order valence-electron chi connectivity index (χ3n) is 2.09. The lowest BCUT2D eigenvalue weighted by atomic mass is 10.1. The quantitative estimate of drug-likeness (QED) is 0.780. The number of aromatic nitrogens is 2. The van der Waals surface area contributed by atoms with Crippen LogP contribution in [-0.2, 0) is 0 Å². The first-order valence-electron chi connectivity index (χ1n) is 4.21. The summed E-state index contributed by atoms with van der Waals surface area (Å²) in [5.41, 5.74) is 0. The first kappa shape index (κ1) is 10.4. The van der Waals surface area contributed by atoms with Crippen LogP contribution < -0.4 is 9.64 Å². The van der Waals surface area contributed by atoms with E-state index in [1.165, 1.54) is 18.2 Å². The van der Waals surface area contributed by atoms with Gasteiger partial charge in [-0.15, -0.1) is 5.10 Å². The molecule has 0 amide bonds. The second-order valence-corrected chi connectivity index (χ2v) is 3.67. The van der Waals surface area contributed by atoms with Crippen molar-refractivity contribution in [1.82, 2.24) is 10.2 Å². The average Bonchev–Trinajstić information content (AvgIpc) is 2.13. The molecular formula is C8H8ClF2N3O. The predicted octanol–water partition coefficient (Wildman–Crippen LogP) is 1.59. The summed E-state index contributed by atoms with van der Waals surface area (Å²) in [5.74, 6) is -2.12. The zero-order chi connectivity index (χ0) is 11.1. The van der Waals surface area contributed by atoms with E-state index < -0.39 is 5.92 Å². The Hall–Kier alpha value is -1.17. The van der Waals surface area contributed by atoms with Crippen LogP contribution in [0.15, 0.2) is 6.20 Å². The van der Waals surface area contributed by atoms with Gasteiger partial charge in [0.15, 0.2) is 11.6 Å². The predicted molar refractivity (Wildman–Crippen MR) is 50.8 cm³/mol. The summed E-state index contributed by atoms with van der Waals surface area (Å²) in [4.78, 5) is 1.37. The molecule has 0 aromatic carbocycles. The van der Waals surface area contributed by atoms with Gasteiger partial charge in [-0.1, -0.05) is 11.6 Å². The van der Waals surface area contributed by atoms with Gasteiger partial charge < -0.3 is 9.64 Å². The van der Waals surface area contributed by atoms with Crippen LogP contribution in [0.5, 0.6) is 5.75 Å². The van der Waals surface area contributed by atoms with Crippen LogP contribution >= 0.6 is 11.6 Å². The molecule has 4 nitrogen and oxygen atoms in total. The molecule has 0 aliphatic carbocycles. The van der Waals surface area contributed by atoms with E-state index in [-0.39, 0.29) is 29.7 Å². The minimum absolute atomic E-state index is 0.260. The first-order valence-corrected chi connectivity index (χ1v) is 4.59. The zero-order valence-electron chi connectivity index (χ0n) is 7.88. The minimum atomic E-state index is -2.66. The van der Waals surface area contributed by atoms with Gasteiger partial charge in [0.25, 0.3) is 5.92 Å². The number of nitrogens with zero attached hydrogens (tertiary/aromatic N) is 3. The van der Waals surface area contributed by atoms with E-state index in [1.807, 2.05) is 0 Å². The summed E-state index contributed by atoms with van der Waals surface area (Å²) in [7, 11) is 1.41. The second-order valence-electron chi connectivity index (χ2n) is 3.26. The molecule has 0 spiro atoms. The lowest BCUT2D eigenvalue weighted by molar-refractivity contribution is -0.0269. The number of anilines is 1. The number of hydrogen-bond acceptors (Lipinski definition) is 4. The normalized spacial score (nSPS) is 18.5. The van der Waals surface area contributed by atoms with Crippen LogP contribution in [-0.4, -0.2) is 36.3 Å². The van der Waals surface area contributed by atoms with Crippen LogP contribution in [0.2, 0.25) is 5.02 Å². The maximum Gasteiger partial charge on any atom is 0.282 e. The molecule has 1 aliphatic heterocycles. The highest BCUT2D eigenvalue weighted by molar-refractivity contribution is 6.32. The van der Waals surface area contributed by atoms with Crippen LogP contribution in [0.4, 0.5) is 14.6 Å². The maximum atomic E-state index is 12.6. The molecule has 2 rings (SSSR count). The fourth-order valence-electron chi connectivity index (χ4n) is 1.40. The number of ether oxygens (including phenoxy) is 1. The van der Waals surface area contributed by atoms with Gasteiger partial charge in [0.2, 0.25) is 0 Å². The van der Waals surface area contributed by atoms with Crippen molar-refractivity contribution >= 4 is 17.4 Å². The lowest BCUT2D eigenvalue weighted by Gasteiger charge is -2.39. The van der Waals surface area contributed by atoms with Crippen molar-refractivity contribution in [3.05, 3.63) is 11.2 Å². The van der Waals surface area contributed by atoms with E-state index in [0.717, 1.165) is 0 Å². The summed E-state index contributed by atoms with van der Waals surface area (Å²) < 4.78 is 30.3.